The molecular formula is C20H26Cl2O4. The summed E-state index contributed by atoms with van der Waals surface area (Å²) in [6.45, 7) is 0.774. The minimum atomic E-state index is -0.365. The number of benzene rings is 1. The fourth-order valence-corrected chi connectivity index (χ4v) is 4.31. The maximum absolute atomic E-state index is 12.4. The average Bonchev–Trinajstić information content (AvgIpc) is 3.09. The lowest BCUT2D eigenvalue weighted by molar-refractivity contribution is -0.195. The molecule has 0 amide bonds. The Hall–Kier alpha value is -0.810. The van der Waals surface area contributed by atoms with Gasteiger partial charge in [-0.25, -0.2) is 0 Å². The van der Waals surface area contributed by atoms with E-state index in [2.05, 4.69) is 0 Å². The summed E-state index contributed by atoms with van der Waals surface area (Å²) in [5.74, 6) is -0.307. The first-order chi connectivity index (χ1) is 12.6. The Morgan fingerprint density at radius 2 is 2.04 bits per heavy atom. The van der Waals surface area contributed by atoms with Crippen LogP contribution in [-0.4, -0.2) is 32.1 Å². The topological polar surface area (TPSA) is 44.8 Å². The average molecular weight is 401 g/mol. The van der Waals surface area contributed by atoms with E-state index < -0.39 is 0 Å². The number of rotatable bonds is 6. The van der Waals surface area contributed by atoms with Gasteiger partial charge in [-0.05, 0) is 62.1 Å². The zero-order valence-corrected chi connectivity index (χ0v) is 16.6. The van der Waals surface area contributed by atoms with Gasteiger partial charge in [-0.2, -0.15) is 0 Å². The third kappa shape index (κ3) is 4.92. The van der Waals surface area contributed by atoms with Gasteiger partial charge in [0.2, 0.25) is 0 Å². The highest BCUT2D eigenvalue weighted by Gasteiger charge is 2.35. The maximum Gasteiger partial charge on any atom is 0.313 e. The number of carbonyl (C=O) groups excluding carboxylic acids is 1. The summed E-state index contributed by atoms with van der Waals surface area (Å²) < 4.78 is 17.0. The summed E-state index contributed by atoms with van der Waals surface area (Å²) in [6, 6.07) is 5.35. The van der Waals surface area contributed by atoms with Gasteiger partial charge < -0.3 is 14.2 Å². The first-order valence-corrected chi connectivity index (χ1v) is 10.1. The van der Waals surface area contributed by atoms with E-state index >= 15 is 0 Å². The molecule has 2 aliphatic rings. The second kappa shape index (κ2) is 9.41. The largest absolute Gasteiger partial charge is 0.469 e. The van der Waals surface area contributed by atoms with Gasteiger partial charge in [0, 0.05) is 6.61 Å². The monoisotopic (exact) mass is 400 g/mol. The Labute approximate surface area is 165 Å². The summed E-state index contributed by atoms with van der Waals surface area (Å²) >= 11 is 12.2. The molecule has 1 saturated carbocycles. The molecule has 0 bridgehead atoms. The molecule has 1 aromatic rings. The molecule has 1 aromatic carbocycles. The summed E-state index contributed by atoms with van der Waals surface area (Å²) in [5, 5.41) is 0.934. The van der Waals surface area contributed by atoms with Gasteiger partial charge in [-0.1, -0.05) is 35.7 Å². The molecule has 0 aromatic heterocycles. The van der Waals surface area contributed by atoms with E-state index in [0.29, 0.717) is 22.4 Å². The molecule has 4 nitrogen and oxygen atoms in total. The lowest BCUT2D eigenvalue weighted by Gasteiger charge is -2.30. The first-order valence-electron chi connectivity index (χ1n) is 9.38. The van der Waals surface area contributed by atoms with Crippen molar-refractivity contribution in [2.24, 2.45) is 5.92 Å². The lowest BCUT2D eigenvalue weighted by atomic mass is 9.87. The maximum atomic E-state index is 12.4. The third-order valence-corrected chi connectivity index (χ3v) is 6.16. The molecule has 0 N–H and O–H groups in total. The lowest BCUT2D eigenvalue weighted by Crippen LogP contribution is -2.31. The standard InChI is InChI=1S/C20H26Cl2O4/c1-24-20(23)15(13-8-9-16(21)17(22)12-13)11-14-5-4-6-18(14)26-19-7-2-3-10-25-19/h8-9,12,14-15,18-19H,2-7,10-11H2,1H3. The number of esters is 1. The van der Waals surface area contributed by atoms with E-state index in [1.54, 1.807) is 12.1 Å². The molecule has 4 unspecified atom stereocenters. The molecule has 1 aliphatic heterocycles. The molecular weight excluding hydrogens is 375 g/mol. The van der Waals surface area contributed by atoms with Crippen LogP contribution in [0.25, 0.3) is 0 Å². The van der Waals surface area contributed by atoms with Gasteiger partial charge in [0.15, 0.2) is 6.29 Å². The minimum Gasteiger partial charge on any atom is -0.469 e. The van der Waals surface area contributed by atoms with Crippen molar-refractivity contribution in [1.29, 1.82) is 0 Å². The Morgan fingerprint density at radius 1 is 1.19 bits per heavy atom. The van der Waals surface area contributed by atoms with Crippen LogP contribution in [-0.2, 0) is 19.0 Å². The van der Waals surface area contributed by atoms with E-state index in [4.69, 9.17) is 37.4 Å². The summed E-state index contributed by atoms with van der Waals surface area (Å²) in [5.41, 5.74) is 0.839. The molecule has 3 rings (SSSR count). The Bertz CT molecular complexity index is 616. The van der Waals surface area contributed by atoms with E-state index in [-0.39, 0.29) is 24.3 Å². The van der Waals surface area contributed by atoms with Crippen LogP contribution >= 0.6 is 23.2 Å². The van der Waals surface area contributed by atoms with Crippen LogP contribution in [0.4, 0.5) is 0 Å². The Morgan fingerprint density at radius 3 is 2.73 bits per heavy atom. The number of halogens is 2. The molecule has 0 radical (unpaired) electrons. The fourth-order valence-electron chi connectivity index (χ4n) is 4.01. The highest BCUT2D eigenvalue weighted by atomic mass is 35.5. The minimum absolute atomic E-state index is 0.101. The second-order valence-electron chi connectivity index (χ2n) is 7.15. The highest BCUT2D eigenvalue weighted by molar-refractivity contribution is 6.42. The smallest absolute Gasteiger partial charge is 0.313 e. The zero-order valence-electron chi connectivity index (χ0n) is 15.1. The molecule has 2 fully saturated rings. The molecule has 1 heterocycles. The first kappa shape index (κ1) is 19.9. The van der Waals surface area contributed by atoms with Crippen molar-refractivity contribution < 1.29 is 19.0 Å². The van der Waals surface area contributed by atoms with Crippen molar-refractivity contribution in [1.82, 2.24) is 0 Å². The summed E-state index contributed by atoms with van der Waals surface area (Å²) in [4.78, 5) is 12.4. The number of methoxy groups -OCH3 is 1. The molecule has 6 heteroatoms. The predicted molar refractivity (Wildman–Crippen MR) is 102 cm³/mol. The number of carbonyl (C=O) groups is 1. The van der Waals surface area contributed by atoms with Crippen LogP contribution in [0.3, 0.4) is 0 Å². The Balaban J connectivity index is 1.70. The van der Waals surface area contributed by atoms with Gasteiger partial charge in [-0.15, -0.1) is 0 Å². The van der Waals surface area contributed by atoms with Crippen molar-refractivity contribution in [2.45, 2.75) is 63.3 Å². The number of hydrogen-bond acceptors (Lipinski definition) is 4. The van der Waals surface area contributed by atoms with E-state index in [0.717, 1.165) is 50.7 Å². The quantitative estimate of drug-likeness (QED) is 0.603. The zero-order chi connectivity index (χ0) is 18.5. The normalized spacial score (nSPS) is 27.3. The molecule has 144 valence electrons. The number of hydrogen-bond donors (Lipinski definition) is 0. The van der Waals surface area contributed by atoms with E-state index in [1.807, 2.05) is 6.07 Å². The van der Waals surface area contributed by atoms with Gasteiger partial charge in [0.1, 0.15) is 0 Å². The third-order valence-electron chi connectivity index (χ3n) is 5.42. The number of ether oxygens (including phenoxy) is 3. The van der Waals surface area contributed by atoms with Crippen LogP contribution in [0, 0.1) is 5.92 Å². The van der Waals surface area contributed by atoms with Crippen LogP contribution in [0.5, 0.6) is 0 Å². The van der Waals surface area contributed by atoms with Gasteiger partial charge in [0.25, 0.3) is 0 Å². The predicted octanol–water partition coefficient (Wildman–Crippen LogP) is 5.35. The van der Waals surface area contributed by atoms with Crippen molar-refractivity contribution >= 4 is 29.2 Å². The van der Waals surface area contributed by atoms with Crippen LogP contribution in [0.1, 0.15) is 56.4 Å². The molecule has 26 heavy (non-hydrogen) atoms. The summed E-state index contributed by atoms with van der Waals surface area (Å²) in [7, 11) is 1.42. The molecule has 0 spiro atoms. The Kier molecular flexibility index (Phi) is 7.21. The van der Waals surface area contributed by atoms with Crippen molar-refractivity contribution in [2.75, 3.05) is 13.7 Å². The van der Waals surface area contributed by atoms with Crippen molar-refractivity contribution in [3.05, 3.63) is 33.8 Å². The second-order valence-corrected chi connectivity index (χ2v) is 7.96. The van der Waals surface area contributed by atoms with Crippen LogP contribution in [0.15, 0.2) is 18.2 Å². The van der Waals surface area contributed by atoms with E-state index in [9.17, 15) is 4.79 Å². The fraction of sp³-hybridized carbons (Fsp3) is 0.650. The van der Waals surface area contributed by atoms with Gasteiger partial charge in [-0.3, -0.25) is 4.79 Å². The summed E-state index contributed by atoms with van der Waals surface area (Å²) in [6.07, 6.45) is 7.09. The highest BCUT2D eigenvalue weighted by Crippen LogP contribution is 2.39. The molecule has 4 atom stereocenters. The van der Waals surface area contributed by atoms with Crippen molar-refractivity contribution in [3.8, 4) is 0 Å². The van der Waals surface area contributed by atoms with Gasteiger partial charge >= 0.3 is 5.97 Å². The SMILES string of the molecule is COC(=O)C(CC1CCCC1OC1CCCCO1)c1ccc(Cl)c(Cl)c1. The van der Waals surface area contributed by atoms with Crippen LogP contribution < -0.4 is 0 Å². The van der Waals surface area contributed by atoms with Crippen molar-refractivity contribution in [3.63, 3.8) is 0 Å². The van der Waals surface area contributed by atoms with E-state index in [1.165, 1.54) is 7.11 Å². The molecule has 1 saturated heterocycles. The van der Waals surface area contributed by atoms with Gasteiger partial charge in [0.05, 0.1) is 29.2 Å². The molecule has 1 aliphatic carbocycles. The van der Waals surface area contributed by atoms with Crippen LogP contribution in [0.2, 0.25) is 10.0 Å².